The third-order valence-corrected chi connectivity index (χ3v) is 5.22. The molecule has 0 N–H and O–H groups in total. The number of carbonyl (C=O) groups is 1. The van der Waals surface area contributed by atoms with Crippen LogP contribution in [0.2, 0.25) is 5.02 Å². The summed E-state index contributed by atoms with van der Waals surface area (Å²) in [4.78, 5) is 33.4. The number of halogens is 1. The first-order valence-electron chi connectivity index (χ1n) is 9.24. The van der Waals surface area contributed by atoms with Crippen LogP contribution in [0.5, 0.6) is 11.8 Å². The zero-order chi connectivity index (χ0) is 20.3. The van der Waals surface area contributed by atoms with Gasteiger partial charge < -0.3 is 9.47 Å². The number of hydrogen-bond acceptors (Lipinski definition) is 7. The number of aryl methyl sites for hydroxylation is 2. The van der Waals surface area contributed by atoms with E-state index < -0.39 is 17.6 Å². The van der Waals surface area contributed by atoms with Gasteiger partial charge >= 0.3 is 12.0 Å². The number of methoxy groups -OCH3 is 1. The van der Waals surface area contributed by atoms with Crippen LogP contribution in [0, 0.1) is 19.8 Å². The Hall–Kier alpha value is -2.48. The molecule has 0 amide bonds. The molecule has 1 saturated carbocycles. The van der Waals surface area contributed by atoms with E-state index in [4.69, 9.17) is 21.1 Å². The molecule has 1 fully saturated rings. The Balaban J connectivity index is 1.90. The maximum Gasteiger partial charge on any atom is 0.330 e. The maximum absolute atomic E-state index is 12.8. The third-order valence-electron chi connectivity index (χ3n) is 4.87. The molecule has 150 valence electrons. The lowest BCUT2D eigenvalue weighted by atomic mass is 9.98. The quantitative estimate of drug-likeness (QED) is 0.678. The van der Waals surface area contributed by atoms with Gasteiger partial charge in [-0.2, -0.15) is 5.10 Å². The first-order valence-corrected chi connectivity index (χ1v) is 9.62. The number of hydrogen-bond donors (Lipinski definition) is 0. The zero-order valence-electron chi connectivity index (χ0n) is 16.1. The lowest BCUT2D eigenvalue weighted by Crippen LogP contribution is -2.34. The van der Waals surface area contributed by atoms with Gasteiger partial charge in [-0.3, -0.25) is 4.79 Å². The molecule has 0 bridgehead atoms. The van der Waals surface area contributed by atoms with Crippen molar-refractivity contribution in [3.63, 3.8) is 0 Å². The van der Waals surface area contributed by atoms with Crippen LogP contribution in [0.15, 0.2) is 17.1 Å². The second-order valence-corrected chi connectivity index (χ2v) is 7.41. The van der Waals surface area contributed by atoms with Crippen molar-refractivity contribution in [3.05, 3.63) is 39.0 Å². The minimum Gasteiger partial charge on any atom is -0.467 e. The van der Waals surface area contributed by atoms with E-state index in [-0.39, 0.29) is 16.8 Å². The molecule has 0 aromatic carbocycles. The Labute approximate surface area is 167 Å². The highest BCUT2D eigenvalue weighted by atomic mass is 35.5. The molecule has 2 heterocycles. The second kappa shape index (κ2) is 8.68. The van der Waals surface area contributed by atoms with Crippen molar-refractivity contribution in [1.29, 1.82) is 0 Å². The largest absolute Gasteiger partial charge is 0.467 e. The van der Waals surface area contributed by atoms with Crippen molar-refractivity contribution in [3.8, 4) is 11.8 Å². The summed E-state index contributed by atoms with van der Waals surface area (Å²) in [6.45, 7) is 3.62. The molecule has 8 nitrogen and oxygen atoms in total. The number of esters is 1. The molecule has 2 aromatic heterocycles. The van der Waals surface area contributed by atoms with Gasteiger partial charge in [0.2, 0.25) is 0 Å². The van der Waals surface area contributed by atoms with E-state index in [1.165, 1.54) is 13.3 Å². The summed E-state index contributed by atoms with van der Waals surface area (Å²) in [6.07, 6.45) is 6.11. The Morgan fingerprint density at radius 1 is 1.29 bits per heavy atom. The van der Waals surface area contributed by atoms with Crippen LogP contribution in [0.3, 0.4) is 0 Å². The fraction of sp³-hybridized carbons (Fsp3) is 0.526. The van der Waals surface area contributed by atoms with E-state index in [9.17, 15) is 9.59 Å². The zero-order valence-corrected chi connectivity index (χ0v) is 16.9. The highest BCUT2D eigenvalue weighted by molar-refractivity contribution is 6.31. The Morgan fingerprint density at radius 3 is 2.54 bits per heavy atom. The fourth-order valence-electron chi connectivity index (χ4n) is 3.55. The van der Waals surface area contributed by atoms with Gasteiger partial charge in [-0.25, -0.2) is 19.4 Å². The smallest absolute Gasteiger partial charge is 0.330 e. The lowest BCUT2D eigenvalue weighted by Gasteiger charge is -2.20. The molecule has 1 atom stereocenters. The number of ether oxygens (including phenoxy) is 2. The van der Waals surface area contributed by atoms with Gasteiger partial charge in [-0.05, 0) is 32.3 Å². The van der Waals surface area contributed by atoms with E-state index in [1.54, 1.807) is 6.07 Å². The maximum atomic E-state index is 12.8. The first-order chi connectivity index (χ1) is 13.4. The van der Waals surface area contributed by atoms with Crippen LogP contribution in [-0.2, 0) is 9.53 Å². The van der Waals surface area contributed by atoms with Crippen LogP contribution in [0.1, 0.15) is 49.5 Å². The average molecular weight is 407 g/mol. The Morgan fingerprint density at radius 2 is 1.93 bits per heavy atom. The summed E-state index contributed by atoms with van der Waals surface area (Å²) in [5, 5.41) is 3.95. The molecule has 0 spiro atoms. The monoisotopic (exact) mass is 406 g/mol. The van der Waals surface area contributed by atoms with Gasteiger partial charge in [0.25, 0.3) is 5.56 Å². The summed E-state index contributed by atoms with van der Waals surface area (Å²) >= 11 is 6.23. The molecule has 28 heavy (non-hydrogen) atoms. The number of nitrogens with zero attached hydrogens (tertiary/aromatic N) is 4. The van der Waals surface area contributed by atoms with E-state index in [0.717, 1.165) is 41.8 Å². The van der Waals surface area contributed by atoms with Crippen molar-refractivity contribution in [2.24, 2.45) is 5.92 Å². The van der Waals surface area contributed by atoms with Crippen LogP contribution in [-0.4, -0.2) is 32.8 Å². The molecule has 3 rings (SSSR count). The summed E-state index contributed by atoms with van der Waals surface area (Å²) in [5.74, 6) is -0.113. The topological polar surface area (TPSA) is 96.2 Å². The normalized spacial score (nSPS) is 15.4. The molecule has 9 heteroatoms. The van der Waals surface area contributed by atoms with E-state index in [2.05, 4.69) is 15.1 Å². The minimum atomic E-state index is -0.815. The van der Waals surface area contributed by atoms with Gasteiger partial charge in [0, 0.05) is 11.4 Å². The summed E-state index contributed by atoms with van der Waals surface area (Å²) < 4.78 is 11.5. The number of carbonyl (C=O) groups excluding carboxylic acids is 1. The predicted octanol–water partition coefficient (Wildman–Crippen LogP) is 3.39. The SMILES string of the molecule is COC(=O)C(CC1CCCC1)n1ncc(Oc2nc(C)cc(C)n2)c(Cl)c1=O. The molecule has 1 unspecified atom stereocenters. The molecule has 0 saturated heterocycles. The van der Waals surface area contributed by atoms with Gasteiger partial charge in [0.05, 0.1) is 13.3 Å². The highest BCUT2D eigenvalue weighted by Crippen LogP contribution is 2.32. The van der Waals surface area contributed by atoms with Gasteiger partial charge in [0.15, 0.2) is 16.8 Å². The van der Waals surface area contributed by atoms with Gasteiger partial charge in [-0.1, -0.05) is 37.3 Å². The fourth-order valence-corrected chi connectivity index (χ4v) is 3.73. The summed E-state index contributed by atoms with van der Waals surface area (Å²) in [6, 6.07) is 1.06. The lowest BCUT2D eigenvalue weighted by molar-refractivity contribution is -0.145. The molecule has 0 radical (unpaired) electrons. The van der Waals surface area contributed by atoms with Crippen LogP contribution in [0.4, 0.5) is 0 Å². The highest BCUT2D eigenvalue weighted by Gasteiger charge is 2.30. The molecule has 1 aliphatic carbocycles. The van der Waals surface area contributed by atoms with Crippen LogP contribution in [0.25, 0.3) is 0 Å². The van der Waals surface area contributed by atoms with Gasteiger partial charge in [-0.15, -0.1) is 0 Å². The van der Waals surface area contributed by atoms with E-state index >= 15 is 0 Å². The van der Waals surface area contributed by atoms with E-state index in [1.807, 2.05) is 13.8 Å². The Bertz CT molecular complexity index is 904. The molecule has 2 aromatic rings. The standard InChI is InChI=1S/C19H23ClN4O4/c1-11-8-12(2)23-19(22-11)28-15-10-21-24(17(25)16(15)20)14(18(26)27-3)9-13-6-4-5-7-13/h8,10,13-14H,4-7,9H2,1-3H3. The van der Waals surface area contributed by atoms with Crippen molar-refractivity contribution < 1.29 is 14.3 Å². The molecule has 0 aliphatic heterocycles. The predicted molar refractivity (Wildman–Crippen MR) is 103 cm³/mol. The second-order valence-electron chi connectivity index (χ2n) is 7.03. The molecule has 1 aliphatic rings. The third kappa shape index (κ3) is 4.49. The van der Waals surface area contributed by atoms with Crippen LogP contribution >= 0.6 is 11.6 Å². The van der Waals surface area contributed by atoms with Crippen LogP contribution < -0.4 is 10.3 Å². The number of rotatable bonds is 6. The molecular formula is C19H23ClN4O4. The van der Waals surface area contributed by atoms with E-state index in [0.29, 0.717) is 12.3 Å². The van der Waals surface area contributed by atoms with Crippen molar-refractivity contribution in [2.75, 3.05) is 7.11 Å². The van der Waals surface area contributed by atoms with Crippen molar-refractivity contribution in [2.45, 2.75) is 52.0 Å². The number of aromatic nitrogens is 4. The van der Waals surface area contributed by atoms with Gasteiger partial charge in [0.1, 0.15) is 0 Å². The van der Waals surface area contributed by atoms with Crippen molar-refractivity contribution >= 4 is 17.6 Å². The first kappa shape index (κ1) is 20.3. The minimum absolute atomic E-state index is 0.0393. The summed E-state index contributed by atoms with van der Waals surface area (Å²) in [5.41, 5.74) is 0.835. The van der Waals surface area contributed by atoms with Crippen molar-refractivity contribution in [1.82, 2.24) is 19.7 Å². The average Bonchev–Trinajstić information content (AvgIpc) is 3.16. The Kier molecular flexibility index (Phi) is 6.28. The summed E-state index contributed by atoms with van der Waals surface area (Å²) in [7, 11) is 1.30. The molecular weight excluding hydrogens is 384 g/mol.